The number of methoxy groups -OCH3 is 1. The third-order valence-corrected chi connectivity index (χ3v) is 4.02. The number of benzene rings is 1. The van der Waals surface area contributed by atoms with Gasteiger partial charge in [0.2, 0.25) is 0 Å². The summed E-state index contributed by atoms with van der Waals surface area (Å²) in [5.41, 5.74) is 0.872. The van der Waals surface area contributed by atoms with Crippen molar-refractivity contribution in [2.24, 2.45) is 0 Å². The average molecular weight is 300 g/mol. The molecule has 0 fully saturated rings. The summed E-state index contributed by atoms with van der Waals surface area (Å²) < 4.78 is 7.54. The summed E-state index contributed by atoms with van der Waals surface area (Å²) in [6.45, 7) is 3.94. The van der Waals surface area contributed by atoms with Gasteiger partial charge in [0.1, 0.15) is 5.82 Å². The summed E-state index contributed by atoms with van der Waals surface area (Å²) >= 11 is 0. The molecule has 1 atom stereocenters. The van der Waals surface area contributed by atoms with Crippen molar-refractivity contribution in [1.82, 2.24) is 19.7 Å². The highest BCUT2D eigenvalue weighted by atomic mass is 16.5. The van der Waals surface area contributed by atoms with Gasteiger partial charge in [0, 0.05) is 26.6 Å². The molecule has 0 N–H and O–H groups in total. The number of aromatic nitrogens is 3. The van der Waals surface area contributed by atoms with Crippen LogP contribution in [0.5, 0.6) is 0 Å². The first-order valence-corrected chi connectivity index (χ1v) is 7.52. The molecular formula is C16H20N4O2. The normalized spacial score (nSPS) is 15.5. The van der Waals surface area contributed by atoms with Crippen molar-refractivity contribution in [2.75, 3.05) is 13.7 Å². The first kappa shape index (κ1) is 14.7. The Morgan fingerprint density at radius 3 is 2.73 bits per heavy atom. The highest BCUT2D eigenvalue weighted by Crippen LogP contribution is 2.22. The van der Waals surface area contributed by atoms with E-state index < -0.39 is 6.10 Å². The largest absolute Gasteiger partial charge is 0.367 e. The molecule has 1 aromatic carbocycles. The molecule has 0 spiro atoms. The second kappa shape index (κ2) is 6.27. The van der Waals surface area contributed by atoms with Gasteiger partial charge in [0.25, 0.3) is 5.91 Å². The molecular weight excluding hydrogens is 280 g/mol. The average Bonchev–Trinajstić information content (AvgIpc) is 2.98. The number of fused-ring (bicyclic) bond motifs is 1. The second-order valence-electron chi connectivity index (χ2n) is 5.32. The van der Waals surface area contributed by atoms with Gasteiger partial charge in [-0.25, -0.2) is 0 Å². The Hall–Kier alpha value is -2.21. The van der Waals surface area contributed by atoms with Crippen molar-refractivity contribution in [2.45, 2.75) is 32.5 Å². The molecule has 1 aliphatic rings. The zero-order valence-electron chi connectivity index (χ0n) is 12.9. The number of aryl methyl sites for hydroxylation is 1. The minimum Gasteiger partial charge on any atom is -0.367 e. The van der Waals surface area contributed by atoms with Crippen molar-refractivity contribution in [1.29, 1.82) is 0 Å². The molecule has 0 bridgehead atoms. The summed E-state index contributed by atoms with van der Waals surface area (Å²) in [7, 11) is 1.57. The Morgan fingerprint density at radius 1 is 1.27 bits per heavy atom. The number of carbonyl (C=O) groups excluding carboxylic acids is 1. The number of rotatable bonds is 4. The number of ether oxygens (including phenoxy) is 1. The van der Waals surface area contributed by atoms with Crippen molar-refractivity contribution in [3.63, 3.8) is 0 Å². The molecule has 2 aromatic rings. The number of hydrogen-bond donors (Lipinski definition) is 0. The number of carbonyl (C=O) groups is 1. The third kappa shape index (κ3) is 2.62. The van der Waals surface area contributed by atoms with E-state index in [4.69, 9.17) is 4.74 Å². The van der Waals surface area contributed by atoms with Crippen LogP contribution >= 0.6 is 0 Å². The van der Waals surface area contributed by atoms with E-state index in [9.17, 15) is 4.79 Å². The predicted octanol–water partition coefficient (Wildman–Crippen LogP) is 1.57. The van der Waals surface area contributed by atoms with Gasteiger partial charge in [-0.1, -0.05) is 37.3 Å². The fraction of sp³-hybridized carbons (Fsp3) is 0.438. The van der Waals surface area contributed by atoms with Gasteiger partial charge in [-0.15, -0.1) is 10.2 Å². The highest BCUT2D eigenvalue weighted by molar-refractivity contribution is 5.82. The third-order valence-electron chi connectivity index (χ3n) is 4.02. The van der Waals surface area contributed by atoms with Gasteiger partial charge in [-0.05, 0) is 5.56 Å². The molecule has 6 nitrogen and oxygen atoms in total. The van der Waals surface area contributed by atoms with E-state index >= 15 is 0 Å². The minimum absolute atomic E-state index is 0.0269. The lowest BCUT2D eigenvalue weighted by molar-refractivity contribution is -0.144. The van der Waals surface area contributed by atoms with Crippen LogP contribution < -0.4 is 0 Å². The molecule has 1 aromatic heterocycles. The van der Waals surface area contributed by atoms with Crippen LogP contribution in [0.15, 0.2) is 30.3 Å². The lowest BCUT2D eigenvalue weighted by Gasteiger charge is -2.30. The number of nitrogens with zero attached hydrogens (tertiary/aromatic N) is 4. The van der Waals surface area contributed by atoms with Crippen LogP contribution in [0.4, 0.5) is 0 Å². The Morgan fingerprint density at radius 2 is 2.05 bits per heavy atom. The van der Waals surface area contributed by atoms with Crippen molar-refractivity contribution in [3.05, 3.63) is 47.5 Å². The Labute approximate surface area is 129 Å². The van der Waals surface area contributed by atoms with Crippen LogP contribution in [-0.4, -0.2) is 39.2 Å². The summed E-state index contributed by atoms with van der Waals surface area (Å²) in [6, 6.07) is 9.57. The molecule has 116 valence electrons. The predicted molar refractivity (Wildman–Crippen MR) is 81.0 cm³/mol. The van der Waals surface area contributed by atoms with Gasteiger partial charge >= 0.3 is 0 Å². The van der Waals surface area contributed by atoms with E-state index in [0.29, 0.717) is 13.1 Å². The molecule has 0 radical (unpaired) electrons. The van der Waals surface area contributed by atoms with E-state index in [0.717, 1.165) is 30.2 Å². The molecule has 1 unspecified atom stereocenters. The fourth-order valence-electron chi connectivity index (χ4n) is 2.84. The van der Waals surface area contributed by atoms with Gasteiger partial charge in [0.15, 0.2) is 11.9 Å². The molecule has 0 saturated heterocycles. The molecule has 0 saturated carbocycles. The molecule has 22 heavy (non-hydrogen) atoms. The smallest absolute Gasteiger partial charge is 0.256 e. The molecule has 0 aliphatic carbocycles. The lowest BCUT2D eigenvalue weighted by Crippen LogP contribution is -2.41. The van der Waals surface area contributed by atoms with Crippen molar-refractivity contribution >= 4 is 5.91 Å². The quantitative estimate of drug-likeness (QED) is 0.860. The SMILES string of the molecule is CCc1nnc2n1CCN(C(=O)C(OC)c1ccccc1)C2. The van der Waals surface area contributed by atoms with Crippen molar-refractivity contribution < 1.29 is 9.53 Å². The van der Waals surface area contributed by atoms with Gasteiger partial charge in [0.05, 0.1) is 6.54 Å². The van der Waals surface area contributed by atoms with Crippen LogP contribution in [0.3, 0.4) is 0 Å². The second-order valence-corrected chi connectivity index (χ2v) is 5.32. The molecule has 1 amide bonds. The van der Waals surface area contributed by atoms with E-state index in [1.165, 1.54) is 0 Å². The maximum absolute atomic E-state index is 12.8. The molecule has 6 heteroatoms. The summed E-state index contributed by atoms with van der Waals surface area (Å²) in [5.74, 6) is 1.80. The molecule has 2 heterocycles. The topological polar surface area (TPSA) is 60.2 Å². The van der Waals surface area contributed by atoms with Crippen LogP contribution in [0.25, 0.3) is 0 Å². The summed E-state index contributed by atoms with van der Waals surface area (Å²) in [6.07, 6.45) is 0.285. The molecule has 3 rings (SSSR count). The van der Waals surface area contributed by atoms with E-state index in [2.05, 4.69) is 21.7 Å². The fourth-order valence-corrected chi connectivity index (χ4v) is 2.84. The maximum Gasteiger partial charge on any atom is 0.256 e. The summed E-state index contributed by atoms with van der Waals surface area (Å²) in [5, 5.41) is 8.37. The van der Waals surface area contributed by atoms with Crippen LogP contribution in [0.2, 0.25) is 0 Å². The lowest BCUT2D eigenvalue weighted by atomic mass is 10.1. The highest BCUT2D eigenvalue weighted by Gasteiger charge is 2.29. The molecule has 1 aliphatic heterocycles. The van der Waals surface area contributed by atoms with Gasteiger partial charge in [-0.2, -0.15) is 0 Å². The zero-order chi connectivity index (χ0) is 15.5. The monoisotopic (exact) mass is 300 g/mol. The standard InChI is InChI=1S/C16H20N4O2/c1-3-13-17-18-14-11-19(9-10-20(13)14)16(21)15(22-2)12-7-5-4-6-8-12/h4-8,15H,3,9-11H2,1-2H3. The Balaban J connectivity index is 1.78. The first-order valence-electron chi connectivity index (χ1n) is 7.52. The van der Waals surface area contributed by atoms with E-state index in [-0.39, 0.29) is 5.91 Å². The van der Waals surface area contributed by atoms with Crippen molar-refractivity contribution in [3.8, 4) is 0 Å². The Bertz CT molecular complexity index is 653. The number of hydrogen-bond acceptors (Lipinski definition) is 4. The van der Waals surface area contributed by atoms with Gasteiger partial charge in [-0.3, -0.25) is 4.79 Å². The zero-order valence-corrected chi connectivity index (χ0v) is 12.9. The van der Waals surface area contributed by atoms with E-state index in [1.54, 1.807) is 12.0 Å². The first-order chi connectivity index (χ1) is 10.7. The van der Waals surface area contributed by atoms with Crippen LogP contribution in [0, 0.1) is 0 Å². The summed E-state index contributed by atoms with van der Waals surface area (Å²) in [4.78, 5) is 14.6. The van der Waals surface area contributed by atoms with Gasteiger partial charge < -0.3 is 14.2 Å². The van der Waals surface area contributed by atoms with E-state index in [1.807, 2.05) is 30.3 Å². The van der Waals surface area contributed by atoms with Crippen LogP contribution in [0.1, 0.15) is 30.2 Å². The Kier molecular flexibility index (Phi) is 4.20. The minimum atomic E-state index is -0.568. The van der Waals surface area contributed by atoms with Crippen LogP contribution in [-0.2, 0) is 29.0 Å². The number of amides is 1. The maximum atomic E-state index is 12.8.